The van der Waals surface area contributed by atoms with Crippen LogP contribution in [0.3, 0.4) is 0 Å². The van der Waals surface area contributed by atoms with Crippen molar-refractivity contribution in [1.29, 1.82) is 0 Å². The summed E-state index contributed by atoms with van der Waals surface area (Å²) in [5.41, 5.74) is 0. The summed E-state index contributed by atoms with van der Waals surface area (Å²) in [6.07, 6.45) is 0. The molecular weight excluding hydrogens is 175 g/mol. The van der Waals surface area contributed by atoms with Crippen molar-refractivity contribution in [3.8, 4) is 0 Å². The zero-order chi connectivity index (χ0) is 4.28. The molecule has 6 heavy (non-hydrogen) atoms. The van der Waals surface area contributed by atoms with Crippen LogP contribution in [-0.2, 0) is 24.3 Å². The van der Waals surface area contributed by atoms with Crippen LogP contribution in [0.2, 0.25) is 0 Å². The first-order valence-corrected chi connectivity index (χ1v) is 0.956. The first-order chi connectivity index (χ1) is 2.27. The van der Waals surface area contributed by atoms with E-state index >= 15 is 0 Å². The van der Waals surface area contributed by atoms with Gasteiger partial charge in [-0.2, -0.15) is 0 Å². The van der Waals surface area contributed by atoms with Crippen molar-refractivity contribution in [1.82, 2.24) is 0 Å². The molecule has 0 saturated heterocycles. The van der Waals surface area contributed by atoms with Crippen LogP contribution in [0.25, 0.3) is 0 Å². The molecule has 0 aliphatic heterocycles. The average molecular weight is 178 g/mol. The molecule has 0 atom stereocenters. The van der Waals surface area contributed by atoms with E-state index in [4.69, 9.17) is 10.1 Å². The first-order valence-electron chi connectivity index (χ1n) is 0.956. The smallest absolute Gasteiger partial charge is 0.294 e. The summed E-state index contributed by atoms with van der Waals surface area (Å²) in [7, 11) is 1.00. The molecule has 0 aromatic heterocycles. The molecule has 4 nitrogen and oxygen atoms in total. The number of hydrogen-bond donors (Lipinski definition) is 0. The van der Waals surface area contributed by atoms with Crippen molar-refractivity contribution in [2.24, 2.45) is 0 Å². The van der Waals surface area contributed by atoms with Gasteiger partial charge in [0.1, 0.15) is 0 Å². The van der Waals surface area contributed by atoms with Crippen LogP contribution < -0.4 is 0 Å². The monoisotopic (exact) mass is 179 g/mol. The molecule has 0 aliphatic carbocycles. The molecule has 5 heteroatoms. The Morgan fingerprint density at radius 3 is 2.00 bits per heavy atom. The zero-order valence-corrected chi connectivity index (χ0v) is 4.76. The molecule has 0 bridgehead atoms. The van der Waals surface area contributed by atoms with Crippen LogP contribution in [-0.4, -0.2) is 12.2 Å². The summed E-state index contributed by atoms with van der Waals surface area (Å²) < 4.78 is 0. The van der Waals surface area contributed by atoms with Crippen molar-refractivity contribution < 1.29 is 29.4 Å². The van der Waals surface area contributed by atoms with Crippen molar-refractivity contribution in [2.75, 3.05) is 7.11 Å². The Bertz CT molecular complexity index is 46.1. The molecule has 0 rings (SSSR count). The normalized spacial score (nSPS) is 5.50. The van der Waals surface area contributed by atoms with E-state index in [0.717, 1.165) is 7.11 Å². The summed E-state index contributed by atoms with van der Waals surface area (Å²) in [5, 5.41) is 8.08. The van der Waals surface area contributed by atoms with Crippen molar-refractivity contribution >= 4 is 0 Å². The minimum Gasteiger partial charge on any atom is -0.317 e. The quantitative estimate of drug-likeness (QED) is 0.318. The van der Waals surface area contributed by atoms with Crippen molar-refractivity contribution in [3.05, 3.63) is 10.1 Å². The Morgan fingerprint density at radius 2 is 2.00 bits per heavy atom. The van der Waals surface area contributed by atoms with Crippen LogP contribution in [0.15, 0.2) is 0 Å². The van der Waals surface area contributed by atoms with E-state index in [1.807, 2.05) is 0 Å². The van der Waals surface area contributed by atoms with E-state index in [-0.39, 0.29) is 19.5 Å². The van der Waals surface area contributed by atoms with Gasteiger partial charge in [0.05, 0.1) is 7.11 Å². The molecule has 0 aliphatic rings. The predicted molar refractivity (Wildman–Crippen MR) is 14.0 cm³/mol. The summed E-state index contributed by atoms with van der Waals surface area (Å²) in [5.74, 6) is 0. The standard InChI is InChI=1S/CH3NO3.Ru/c1-5-2(3)4;/h1H3;. The van der Waals surface area contributed by atoms with Crippen LogP contribution in [0.1, 0.15) is 0 Å². The van der Waals surface area contributed by atoms with Crippen LogP contribution in [0, 0.1) is 10.1 Å². The first kappa shape index (κ1) is 9.27. The molecule has 0 N–H and O–H groups in total. The summed E-state index contributed by atoms with van der Waals surface area (Å²) in [4.78, 5) is 12.4. The van der Waals surface area contributed by atoms with Crippen LogP contribution >= 0.6 is 0 Å². The largest absolute Gasteiger partial charge is 0.317 e. The topological polar surface area (TPSA) is 52.4 Å². The predicted octanol–water partition coefficient (Wildman–Crippen LogP) is -0.178. The zero-order valence-electron chi connectivity index (χ0n) is 3.03. The number of nitrogens with zero attached hydrogens (tertiary/aromatic N) is 1. The molecular formula is CH3NO3Ru. The van der Waals surface area contributed by atoms with E-state index < -0.39 is 5.09 Å². The van der Waals surface area contributed by atoms with Gasteiger partial charge in [-0.15, -0.1) is 10.1 Å². The van der Waals surface area contributed by atoms with Gasteiger partial charge < -0.3 is 4.84 Å². The fourth-order valence-corrected chi connectivity index (χ4v) is 0. The maximum absolute atomic E-state index is 8.95. The van der Waals surface area contributed by atoms with E-state index in [9.17, 15) is 0 Å². The Labute approximate surface area is 47.3 Å². The van der Waals surface area contributed by atoms with Gasteiger partial charge in [-0.05, 0) is 0 Å². The second kappa shape index (κ2) is 4.82. The molecule has 0 saturated carbocycles. The fourth-order valence-electron chi connectivity index (χ4n) is 0. The Morgan fingerprint density at radius 1 is 1.83 bits per heavy atom. The van der Waals surface area contributed by atoms with Crippen LogP contribution in [0.4, 0.5) is 0 Å². The van der Waals surface area contributed by atoms with Gasteiger partial charge in [-0.25, -0.2) is 0 Å². The molecule has 0 heterocycles. The van der Waals surface area contributed by atoms with E-state index in [0.29, 0.717) is 0 Å². The average Bonchev–Trinajstić information content (AvgIpc) is 1.38. The molecule has 0 spiro atoms. The molecule has 0 aromatic carbocycles. The minimum absolute atomic E-state index is 0. The Balaban J connectivity index is 0. The number of hydrogen-bond acceptors (Lipinski definition) is 3. The van der Waals surface area contributed by atoms with Gasteiger partial charge in [0, 0.05) is 19.5 Å². The minimum atomic E-state index is -0.875. The van der Waals surface area contributed by atoms with Crippen molar-refractivity contribution in [2.45, 2.75) is 0 Å². The summed E-state index contributed by atoms with van der Waals surface area (Å²) >= 11 is 0. The molecule has 0 radical (unpaired) electrons. The SMILES string of the molecule is CO[N+](=O)[O-].[Ru]. The van der Waals surface area contributed by atoms with E-state index in [1.54, 1.807) is 0 Å². The fraction of sp³-hybridized carbons (Fsp3) is 1.00. The van der Waals surface area contributed by atoms with Gasteiger partial charge in [0.15, 0.2) is 0 Å². The third kappa shape index (κ3) is 9.17. The van der Waals surface area contributed by atoms with Gasteiger partial charge in [0.2, 0.25) is 0 Å². The molecule has 0 aromatic rings. The maximum Gasteiger partial charge on any atom is 0.294 e. The molecule has 38 valence electrons. The molecule has 0 fully saturated rings. The third-order valence-electron chi connectivity index (χ3n) is 0.149. The summed E-state index contributed by atoms with van der Waals surface area (Å²) in [6.45, 7) is 0. The molecule has 0 amide bonds. The second-order valence-electron chi connectivity index (χ2n) is 0.406. The molecule has 0 unspecified atom stereocenters. The van der Waals surface area contributed by atoms with Gasteiger partial charge in [-0.1, -0.05) is 0 Å². The van der Waals surface area contributed by atoms with Crippen molar-refractivity contribution in [3.63, 3.8) is 0 Å². The summed E-state index contributed by atoms with van der Waals surface area (Å²) in [6, 6.07) is 0. The second-order valence-corrected chi connectivity index (χ2v) is 0.406. The Hall–Kier alpha value is -0.177. The van der Waals surface area contributed by atoms with Gasteiger partial charge >= 0.3 is 0 Å². The number of rotatable bonds is 1. The third-order valence-corrected chi connectivity index (χ3v) is 0.149. The van der Waals surface area contributed by atoms with Crippen LogP contribution in [0.5, 0.6) is 0 Å². The van der Waals surface area contributed by atoms with E-state index in [1.165, 1.54) is 0 Å². The maximum atomic E-state index is 8.95. The Kier molecular flexibility index (Phi) is 7.45. The van der Waals surface area contributed by atoms with Gasteiger partial charge in [-0.3, -0.25) is 0 Å². The van der Waals surface area contributed by atoms with Gasteiger partial charge in [0.25, 0.3) is 5.09 Å². The van der Waals surface area contributed by atoms with E-state index in [2.05, 4.69) is 4.84 Å².